The molecule has 5 rings (SSSR count). The Labute approximate surface area is 175 Å². The summed E-state index contributed by atoms with van der Waals surface area (Å²) in [7, 11) is -4.07. The summed E-state index contributed by atoms with van der Waals surface area (Å²) >= 11 is 0. The number of nitrogens with one attached hydrogen (secondary N) is 2. The van der Waals surface area contributed by atoms with Crippen LogP contribution in [0.3, 0.4) is 0 Å². The van der Waals surface area contributed by atoms with Gasteiger partial charge in [0.15, 0.2) is 0 Å². The Morgan fingerprint density at radius 3 is 2.47 bits per heavy atom. The number of urea groups is 1. The molecule has 2 aliphatic carbocycles. The fourth-order valence-electron chi connectivity index (χ4n) is 5.08. The maximum absolute atomic E-state index is 12.9. The van der Waals surface area contributed by atoms with Gasteiger partial charge in [-0.25, -0.2) is 17.9 Å². The van der Waals surface area contributed by atoms with Crippen molar-refractivity contribution in [1.82, 2.24) is 14.5 Å². The summed E-state index contributed by atoms with van der Waals surface area (Å²) in [5.74, 6) is 0. The SMILES string of the molecule is CC1(O)CCc2c(S(=O)(=O)NC(=O)Nc3c4c(cc5c3CCC5)CCC4)cnn2C1. The first kappa shape index (κ1) is 19.6. The summed E-state index contributed by atoms with van der Waals surface area (Å²) < 4.78 is 29.5. The number of carbonyl (C=O) groups excluding carboxylic acids is 1. The summed E-state index contributed by atoms with van der Waals surface area (Å²) in [5.41, 5.74) is 5.24. The normalized spacial score (nSPS) is 22.3. The van der Waals surface area contributed by atoms with Crippen LogP contribution in [0.2, 0.25) is 0 Å². The smallest absolute Gasteiger partial charge is 0.333 e. The predicted molar refractivity (Wildman–Crippen MR) is 111 cm³/mol. The highest BCUT2D eigenvalue weighted by Gasteiger charge is 2.34. The lowest BCUT2D eigenvalue weighted by molar-refractivity contribution is 0.0177. The summed E-state index contributed by atoms with van der Waals surface area (Å²) in [6, 6.07) is 1.52. The topological polar surface area (TPSA) is 113 Å². The molecule has 1 aliphatic heterocycles. The molecule has 0 bridgehead atoms. The monoisotopic (exact) mass is 430 g/mol. The molecule has 160 valence electrons. The van der Waals surface area contributed by atoms with Crippen molar-refractivity contribution in [3.05, 3.63) is 40.2 Å². The van der Waals surface area contributed by atoms with E-state index in [1.54, 1.807) is 6.92 Å². The molecule has 0 fully saturated rings. The van der Waals surface area contributed by atoms with Crippen LogP contribution in [0.15, 0.2) is 17.2 Å². The highest BCUT2D eigenvalue weighted by Crippen LogP contribution is 2.38. The summed E-state index contributed by atoms with van der Waals surface area (Å²) in [6.07, 6.45) is 8.00. The lowest BCUT2D eigenvalue weighted by Crippen LogP contribution is -2.38. The maximum Gasteiger partial charge on any atom is 0.333 e. The number of aryl methyl sites for hydroxylation is 2. The predicted octanol–water partition coefficient (Wildman–Crippen LogP) is 2.07. The van der Waals surface area contributed by atoms with E-state index in [-0.39, 0.29) is 11.4 Å². The lowest BCUT2D eigenvalue weighted by atomic mass is 9.96. The van der Waals surface area contributed by atoms with Crippen molar-refractivity contribution in [2.75, 3.05) is 5.32 Å². The van der Waals surface area contributed by atoms with Crippen LogP contribution < -0.4 is 10.0 Å². The Morgan fingerprint density at radius 1 is 1.13 bits per heavy atom. The standard InChI is InChI=1S/C21H26N4O4S/c1-21(27)9-8-17-18(11-22-25(17)12-21)30(28,29)24-20(26)23-19-15-6-2-4-13(15)10-14-5-3-7-16(14)19/h10-11,27H,2-9,12H2,1H3,(H2,23,24,26). The van der Waals surface area contributed by atoms with E-state index in [1.165, 1.54) is 22.0 Å². The number of benzene rings is 1. The quantitative estimate of drug-likeness (QED) is 0.690. The molecular weight excluding hydrogens is 404 g/mol. The Balaban J connectivity index is 1.39. The highest BCUT2D eigenvalue weighted by atomic mass is 32.2. The van der Waals surface area contributed by atoms with Crippen molar-refractivity contribution in [3.8, 4) is 0 Å². The number of aromatic nitrogens is 2. The van der Waals surface area contributed by atoms with Crippen LogP contribution in [0.1, 0.15) is 54.1 Å². The van der Waals surface area contributed by atoms with Crippen molar-refractivity contribution in [1.29, 1.82) is 0 Å². The number of hydrogen-bond acceptors (Lipinski definition) is 5. The minimum Gasteiger partial charge on any atom is -0.388 e. The molecule has 0 radical (unpaired) electrons. The van der Waals surface area contributed by atoms with E-state index >= 15 is 0 Å². The fraction of sp³-hybridized carbons (Fsp3) is 0.524. The van der Waals surface area contributed by atoms with Gasteiger partial charge in [-0.3, -0.25) is 4.68 Å². The molecule has 2 amide bonds. The molecule has 0 spiro atoms. The zero-order valence-corrected chi connectivity index (χ0v) is 17.8. The van der Waals surface area contributed by atoms with Gasteiger partial charge in [-0.15, -0.1) is 0 Å². The molecule has 2 aromatic rings. The molecule has 1 atom stereocenters. The summed E-state index contributed by atoms with van der Waals surface area (Å²) in [4.78, 5) is 12.7. The van der Waals surface area contributed by atoms with E-state index in [0.29, 0.717) is 18.5 Å². The van der Waals surface area contributed by atoms with Crippen molar-refractivity contribution < 1.29 is 18.3 Å². The van der Waals surface area contributed by atoms with Crippen LogP contribution in [-0.4, -0.2) is 34.9 Å². The number of amides is 2. The molecule has 1 aromatic heterocycles. The molecule has 1 aromatic carbocycles. The van der Waals surface area contributed by atoms with Crippen molar-refractivity contribution >= 4 is 21.7 Å². The number of fused-ring (bicyclic) bond motifs is 3. The van der Waals surface area contributed by atoms with Gasteiger partial charge in [-0.1, -0.05) is 6.07 Å². The molecule has 9 heteroatoms. The lowest BCUT2D eigenvalue weighted by Gasteiger charge is -2.29. The average Bonchev–Trinajstić information content (AvgIpc) is 3.38. The van der Waals surface area contributed by atoms with Crippen LogP contribution in [0.4, 0.5) is 10.5 Å². The van der Waals surface area contributed by atoms with Gasteiger partial charge in [0.2, 0.25) is 0 Å². The van der Waals surface area contributed by atoms with Gasteiger partial charge in [0, 0.05) is 5.69 Å². The highest BCUT2D eigenvalue weighted by molar-refractivity contribution is 7.90. The number of sulfonamides is 1. The Kier molecular flexibility index (Phi) is 4.44. The molecule has 3 N–H and O–H groups in total. The van der Waals surface area contributed by atoms with E-state index in [9.17, 15) is 18.3 Å². The number of anilines is 1. The van der Waals surface area contributed by atoms with Gasteiger partial charge in [-0.05, 0) is 80.5 Å². The average molecular weight is 431 g/mol. The molecule has 2 heterocycles. The second-order valence-electron chi connectivity index (χ2n) is 8.90. The van der Waals surface area contributed by atoms with Gasteiger partial charge in [0.05, 0.1) is 24.0 Å². The van der Waals surface area contributed by atoms with Crippen LogP contribution in [-0.2, 0) is 48.7 Å². The van der Waals surface area contributed by atoms with Crippen molar-refractivity contribution in [2.45, 2.75) is 75.3 Å². The Bertz CT molecular complexity index is 1120. The first-order valence-corrected chi connectivity index (χ1v) is 12.0. The fourth-order valence-corrected chi connectivity index (χ4v) is 6.19. The van der Waals surface area contributed by atoms with E-state index in [2.05, 4.69) is 21.2 Å². The van der Waals surface area contributed by atoms with Crippen LogP contribution in [0, 0.1) is 0 Å². The van der Waals surface area contributed by atoms with Gasteiger partial charge in [-0.2, -0.15) is 5.10 Å². The zero-order chi connectivity index (χ0) is 21.1. The van der Waals surface area contributed by atoms with Crippen LogP contribution in [0.25, 0.3) is 0 Å². The number of aliphatic hydroxyl groups is 1. The van der Waals surface area contributed by atoms with E-state index in [1.807, 2.05) is 0 Å². The molecule has 3 aliphatic rings. The molecule has 0 saturated carbocycles. The van der Waals surface area contributed by atoms with E-state index in [4.69, 9.17) is 0 Å². The first-order valence-electron chi connectivity index (χ1n) is 10.5. The molecular formula is C21H26N4O4S. The first-order chi connectivity index (χ1) is 14.2. The van der Waals surface area contributed by atoms with Crippen LogP contribution >= 0.6 is 0 Å². The molecule has 30 heavy (non-hydrogen) atoms. The minimum absolute atomic E-state index is 0.00308. The third kappa shape index (κ3) is 3.30. The van der Waals surface area contributed by atoms with Gasteiger partial charge in [0.1, 0.15) is 4.90 Å². The largest absolute Gasteiger partial charge is 0.388 e. The van der Waals surface area contributed by atoms with Gasteiger partial charge in [0.25, 0.3) is 10.0 Å². The third-order valence-corrected chi connectivity index (χ3v) is 7.90. The second kappa shape index (κ2) is 6.81. The number of rotatable bonds is 3. The van der Waals surface area contributed by atoms with E-state index < -0.39 is 21.7 Å². The zero-order valence-electron chi connectivity index (χ0n) is 17.0. The van der Waals surface area contributed by atoms with Gasteiger partial charge < -0.3 is 10.4 Å². The number of carbonyl (C=O) groups is 1. The maximum atomic E-state index is 12.9. The van der Waals surface area contributed by atoms with Crippen molar-refractivity contribution in [3.63, 3.8) is 0 Å². The van der Waals surface area contributed by atoms with Crippen LogP contribution in [0.5, 0.6) is 0 Å². The minimum atomic E-state index is -4.07. The third-order valence-electron chi connectivity index (χ3n) is 6.53. The molecule has 8 nitrogen and oxygen atoms in total. The summed E-state index contributed by atoms with van der Waals surface area (Å²) in [6.45, 7) is 1.93. The molecule has 0 saturated heterocycles. The Hall–Kier alpha value is -2.39. The summed E-state index contributed by atoms with van der Waals surface area (Å²) in [5, 5.41) is 17.2. The van der Waals surface area contributed by atoms with E-state index in [0.717, 1.165) is 55.3 Å². The number of hydrogen-bond donors (Lipinski definition) is 3. The molecule has 1 unspecified atom stereocenters. The second-order valence-corrected chi connectivity index (χ2v) is 10.6. The van der Waals surface area contributed by atoms with Gasteiger partial charge >= 0.3 is 6.03 Å². The Morgan fingerprint density at radius 2 is 1.80 bits per heavy atom. The number of nitrogens with zero attached hydrogens (tertiary/aromatic N) is 2. The van der Waals surface area contributed by atoms with Crippen molar-refractivity contribution in [2.24, 2.45) is 0 Å².